The van der Waals surface area contributed by atoms with E-state index >= 15 is 0 Å². The molecule has 1 fully saturated rings. The topological polar surface area (TPSA) is 123 Å². The summed E-state index contributed by atoms with van der Waals surface area (Å²) >= 11 is 0. The molecule has 1 saturated carbocycles. The quantitative estimate of drug-likeness (QED) is 0.510. The van der Waals surface area contributed by atoms with Crippen LogP contribution < -0.4 is 10.1 Å². The van der Waals surface area contributed by atoms with E-state index in [0.717, 1.165) is 12.8 Å². The fourth-order valence-electron chi connectivity index (χ4n) is 3.33. The second-order valence-corrected chi connectivity index (χ2v) is 8.68. The van der Waals surface area contributed by atoms with Crippen molar-refractivity contribution in [2.75, 3.05) is 26.0 Å². The molecule has 1 amide bonds. The molecule has 0 radical (unpaired) electrons. The van der Waals surface area contributed by atoms with Crippen molar-refractivity contribution in [2.45, 2.75) is 30.6 Å². The van der Waals surface area contributed by atoms with Gasteiger partial charge in [0.05, 0.1) is 23.8 Å². The van der Waals surface area contributed by atoms with Crippen LogP contribution in [-0.4, -0.2) is 46.3 Å². The highest BCUT2D eigenvalue weighted by Gasteiger charge is 2.34. The second-order valence-electron chi connectivity index (χ2n) is 6.64. The van der Waals surface area contributed by atoms with Crippen LogP contribution in [0.2, 0.25) is 0 Å². The maximum Gasteiger partial charge on any atom is 0.343 e. The molecule has 0 aliphatic heterocycles. The van der Waals surface area contributed by atoms with E-state index in [1.807, 2.05) is 6.07 Å². The van der Waals surface area contributed by atoms with E-state index in [2.05, 4.69) is 10.1 Å². The summed E-state index contributed by atoms with van der Waals surface area (Å²) in [6, 6.07) is 7.67. The highest BCUT2D eigenvalue weighted by atomic mass is 32.2. The van der Waals surface area contributed by atoms with Gasteiger partial charge in [-0.15, -0.1) is 0 Å². The van der Waals surface area contributed by atoms with Gasteiger partial charge in [-0.25, -0.2) is 13.2 Å². The lowest BCUT2D eigenvalue weighted by Gasteiger charge is -2.30. The van der Waals surface area contributed by atoms with Crippen LogP contribution in [0.1, 0.15) is 25.7 Å². The number of benzene rings is 1. The summed E-state index contributed by atoms with van der Waals surface area (Å²) in [6.07, 6.45) is 3.03. The van der Waals surface area contributed by atoms with Gasteiger partial charge < -0.3 is 14.8 Å². The number of nitriles is 1. The molecule has 1 aliphatic carbocycles. The largest absolute Gasteiger partial charge is 0.482 e. The number of hydrogen-bond donors (Lipinski definition) is 1. The first-order chi connectivity index (χ1) is 13.4. The average Bonchev–Trinajstić information content (AvgIpc) is 2.70. The van der Waals surface area contributed by atoms with Crippen LogP contribution in [0, 0.1) is 23.2 Å². The van der Waals surface area contributed by atoms with E-state index in [9.17, 15) is 18.0 Å². The van der Waals surface area contributed by atoms with Crippen LogP contribution in [0.3, 0.4) is 0 Å². The molecular formula is C19H24N2O6S. The van der Waals surface area contributed by atoms with E-state index < -0.39 is 21.7 Å². The van der Waals surface area contributed by atoms with Gasteiger partial charge in [0.15, 0.2) is 16.4 Å². The number of methoxy groups -OCH3 is 1. The number of hydrogen-bond acceptors (Lipinski definition) is 7. The monoisotopic (exact) mass is 408 g/mol. The molecule has 0 spiro atoms. The number of carbonyl (C=O) groups is 2. The lowest BCUT2D eigenvalue weighted by Crippen LogP contribution is -2.39. The second kappa shape index (κ2) is 10.1. The number of carbonyl (C=O) groups excluding carboxylic acids is 2. The van der Waals surface area contributed by atoms with Crippen LogP contribution in [0.4, 0.5) is 0 Å². The first kappa shape index (κ1) is 21.7. The Balaban J connectivity index is 2.05. The fraction of sp³-hybridized carbons (Fsp3) is 0.526. The highest BCUT2D eigenvalue weighted by Crippen LogP contribution is 2.33. The van der Waals surface area contributed by atoms with Gasteiger partial charge in [-0.2, -0.15) is 5.26 Å². The summed E-state index contributed by atoms with van der Waals surface area (Å²) in [6.45, 7) is -0.341. The Morgan fingerprint density at radius 3 is 2.54 bits per heavy atom. The minimum Gasteiger partial charge on any atom is -0.482 e. The number of nitrogens with zero attached hydrogens (tertiary/aromatic N) is 1. The molecule has 28 heavy (non-hydrogen) atoms. The Morgan fingerprint density at radius 2 is 1.89 bits per heavy atom. The zero-order valence-electron chi connectivity index (χ0n) is 15.7. The van der Waals surface area contributed by atoms with Gasteiger partial charge in [0.25, 0.3) is 0 Å². The Morgan fingerprint density at radius 1 is 1.21 bits per heavy atom. The molecular weight excluding hydrogens is 384 g/mol. The Hall–Kier alpha value is -2.60. The van der Waals surface area contributed by atoms with Gasteiger partial charge in [-0.1, -0.05) is 12.8 Å². The van der Waals surface area contributed by atoms with Crippen molar-refractivity contribution in [2.24, 2.45) is 11.8 Å². The molecule has 1 aromatic carbocycles. The number of esters is 1. The molecule has 2 rings (SSSR count). The van der Waals surface area contributed by atoms with Crippen LogP contribution in [0.5, 0.6) is 5.75 Å². The molecule has 0 bridgehead atoms. The summed E-state index contributed by atoms with van der Waals surface area (Å²) in [5, 5.41) is 11.2. The van der Waals surface area contributed by atoms with Crippen molar-refractivity contribution in [1.82, 2.24) is 5.32 Å². The van der Waals surface area contributed by atoms with Crippen LogP contribution in [0.15, 0.2) is 29.2 Å². The standard InChI is InChI=1S/C19H24N2O6S/c1-26-18(22)12-27-15-6-8-16(9-7-15)28(24,25)13-14-4-2-3-5-17(14)19(23)21-11-10-20/h6-9,14,17H,2-5,11-13H2,1H3,(H,21,23)/t14-,17+/m1/s1. The fourth-order valence-corrected chi connectivity index (χ4v) is 5.04. The normalized spacial score (nSPS) is 19.3. The minimum atomic E-state index is -3.59. The van der Waals surface area contributed by atoms with Crippen LogP contribution in [0.25, 0.3) is 0 Å². The van der Waals surface area contributed by atoms with E-state index in [-0.39, 0.29) is 35.6 Å². The third kappa shape index (κ3) is 5.96. The van der Waals surface area contributed by atoms with Gasteiger partial charge in [-0.3, -0.25) is 4.79 Å². The lowest BCUT2D eigenvalue weighted by atomic mass is 9.80. The van der Waals surface area contributed by atoms with Crippen LogP contribution >= 0.6 is 0 Å². The van der Waals surface area contributed by atoms with Gasteiger partial charge in [-0.05, 0) is 43.0 Å². The zero-order chi connectivity index (χ0) is 20.6. The molecule has 9 heteroatoms. The number of amides is 1. The Kier molecular flexibility index (Phi) is 7.81. The van der Waals surface area contributed by atoms with E-state index in [1.54, 1.807) is 0 Å². The van der Waals surface area contributed by atoms with E-state index in [0.29, 0.717) is 18.6 Å². The first-order valence-electron chi connectivity index (χ1n) is 9.04. The van der Waals surface area contributed by atoms with Crippen molar-refractivity contribution in [3.63, 3.8) is 0 Å². The van der Waals surface area contributed by atoms with Crippen molar-refractivity contribution >= 4 is 21.7 Å². The number of sulfone groups is 1. The van der Waals surface area contributed by atoms with Gasteiger partial charge in [0.2, 0.25) is 5.91 Å². The minimum absolute atomic E-state index is 0.0815. The Labute approximate surface area is 164 Å². The lowest BCUT2D eigenvalue weighted by molar-refractivity contribution is -0.142. The predicted molar refractivity (Wildman–Crippen MR) is 100 cm³/mol. The molecule has 8 nitrogen and oxygen atoms in total. The number of nitrogens with one attached hydrogen (secondary N) is 1. The smallest absolute Gasteiger partial charge is 0.343 e. The summed E-state index contributed by atoms with van der Waals surface area (Å²) in [4.78, 5) is 23.5. The van der Waals surface area contributed by atoms with Crippen molar-refractivity contribution < 1.29 is 27.5 Å². The van der Waals surface area contributed by atoms with E-state index in [1.165, 1.54) is 31.4 Å². The summed E-state index contributed by atoms with van der Waals surface area (Å²) < 4.78 is 35.3. The third-order valence-electron chi connectivity index (χ3n) is 4.79. The van der Waals surface area contributed by atoms with Crippen molar-refractivity contribution in [3.05, 3.63) is 24.3 Å². The molecule has 0 unspecified atom stereocenters. The van der Waals surface area contributed by atoms with Gasteiger partial charge >= 0.3 is 5.97 Å². The van der Waals surface area contributed by atoms with Crippen molar-refractivity contribution in [1.29, 1.82) is 5.26 Å². The highest BCUT2D eigenvalue weighted by molar-refractivity contribution is 7.91. The summed E-state index contributed by atoms with van der Waals surface area (Å²) in [5.74, 6) is -1.24. The van der Waals surface area contributed by atoms with Crippen LogP contribution in [-0.2, 0) is 24.2 Å². The number of rotatable bonds is 8. The molecule has 1 N–H and O–H groups in total. The molecule has 1 aromatic rings. The summed E-state index contributed by atoms with van der Waals surface area (Å²) in [5.41, 5.74) is 0. The molecule has 0 saturated heterocycles. The number of ether oxygens (including phenoxy) is 2. The predicted octanol–water partition coefficient (Wildman–Crippen LogP) is 1.46. The SMILES string of the molecule is COC(=O)COc1ccc(S(=O)(=O)C[C@H]2CCCC[C@@H]2C(=O)NCC#N)cc1. The summed E-state index contributed by atoms with van der Waals surface area (Å²) in [7, 11) is -2.34. The van der Waals surface area contributed by atoms with Crippen molar-refractivity contribution in [3.8, 4) is 11.8 Å². The molecule has 152 valence electrons. The molecule has 0 heterocycles. The third-order valence-corrected chi connectivity index (χ3v) is 6.65. The molecule has 2 atom stereocenters. The van der Waals surface area contributed by atoms with Gasteiger partial charge in [0, 0.05) is 5.92 Å². The first-order valence-corrected chi connectivity index (χ1v) is 10.7. The van der Waals surface area contributed by atoms with E-state index in [4.69, 9.17) is 10.00 Å². The maximum absolute atomic E-state index is 12.8. The van der Waals surface area contributed by atoms with Gasteiger partial charge in [0.1, 0.15) is 12.3 Å². The zero-order valence-corrected chi connectivity index (χ0v) is 16.5. The molecule has 1 aliphatic rings. The molecule has 0 aromatic heterocycles. The Bertz CT molecular complexity index is 829. The average molecular weight is 408 g/mol. The maximum atomic E-state index is 12.8.